The normalized spacial score (nSPS) is 12.4. The van der Waals surface area contributed by atoms with Crippen LogP contribution in [0.15, 0.2) is 22.7 Å². The van der Waals surface area contributed by atoms with Gasteiger partial charge in [-0.05, 0) is 30.2 Å². The predicted molar refractivity (Wildman–Crippen MR) is 67.3 cm³/mol. The Balaban J connectivity index is 2.61. The van der Waals surface area contributed by atoms with Crippen molar-refractivity contribution in [3.8, 4) is 0 Å². The van der Waals surface area contributed by atoms with E-state index in [0.717, 1.165) is 12.0 Å². The molecule has 2 N–H and O–H groups in total. The highest BCUT2D eigenvalue weighted by Crippen LogP contribution is 2.15. The molecule has 1 aromatic rings. The fraction of sp³-hybridized carbons (Fsp3) is 0.417. The third kappa shape index (κ3) is 4.83. The lowest BCUT2D eigenvalue weighted by molar-refractivity contribution is -0.139. The Bertz CT molecular complexity index is 378. The molecular formula is C12H15BrFNO2. The molecule has 1 unspecified atom stereocenters. The lowest BCUT2D eigenvalue weighted by Gasteiger charge is -2.13. The molecule has 0 radical (unpaired) electrons. The minimum atomic E-state index is -0.873. The molecule has 0 amide bonds. The number of nitrogens with one attached hydrogen (secondary N) is 1. The second-order valence-electron chi connectivity index (χ2n) is 3.84. The van der Waals surface area contributed by atoms with Gasteiger partial charge in [0, 0.05) is 11.0 Å². The van der Waals surface area contributed by atoms with Crippen molar-refractivity contribution in [1.29, 1.82) is 0 Å². The molecule has 0 aliphatic heterocycles. The molecule has 0 fully saturated rings. The number of hydrogen-bond acceptors (Lipinski definition) is 2. The number of carbonyl (C=O) groups is 1. The second kappa shape index (κ2) is 6.71. The van der Waals surface area contributed by atoms with Gasteiger partial charge in [-0.1, -0.05) is 29.3 Å². The fourth-order valence-corrected chi connectivity index (χ4v) is 2.07. The molecule has 0 spiro atoms. The lowest BCUT2D eigenvalue weighted by atomic mass is 10.1. The zero-order chi connectivity index (χ0) is 12.8. The van der Waals surface area contributed by atoms with E-state index in [0.29, 0.717) is 17.4 Å². The van der Waals surface area contributed by atoms with E-state index in [4.69, 9.17) is 5.11 Å². The van der Waals surface area contributed by atoms with Gasteiger partial charge < -0.3 is 10.4 Å². The van der Waals surface area contributed by atoms with Gasteiger partial charge in [0.2, 0.25) is 0 Å². The molecule has 0 aliphatic rings. The summed E-state index contributed by atoms with van der Waals surface area (Å²) in [5.41, 5.74) is 0.722. The molecule has 0 bridgehead atoms. The molecule has 1 aromatic carbocycles. The topological polar surface area (TPSA) is 49.3 Å². The largest absolute Gasteiger partial charge is 0.480 e. The Morgan fingerprint density at radius 1 is 1.53 bits per heavy atom. The Morgan fingerprint density at radius 3 is 2.76 bits per heavy atom. The fourth-order valence-electron chi connectivity index (χ4n) is 1.56. The van der Waals surface area contributed by atoms with Gasteiger partial charge in [-0.15, -0.1) is 0 Å². The highest BCUT2D eigenvalue weighted by Gasteiger charge is 2.15. The monoisotopic (exact) mass is 303 g/mol. The average molecular weight is 304 g/mol. The third-order valence-electron chi connectivity index (χ3n) is 2.35. The standard InChI is InChI=1S/C12H15BrFNO2/c1-2-3-11(12(16)17)15-7-8-4-9(13)6-10(14)5-8/h4-6,11,15H,2-3,7H2,1H3,(H,16,17). The van der Waals surface area contributed by atoms with E-state index >= 15 is 0 Å². The zero-order valence-electron chi connectivity index (χ0n) is 9.54. The summed E-state index contributed by atoms with van der Waals surface area (Å²) < 4.78 is 13.7. The van der Waals surface area contributed by atoms with E-state index in [1.54, 1.807) is 6.07 Å². The summed E-state index contributed by atoms with van der Waals surface area (Å²) in [6.07, 6.45) is 1.35. The van der Waals surface area contributed by atoms with Crippen molar-refractivity contribution < 1.29 is 14.3 Å². The Morgan fingerprint density at radius 2 is 2.24 bits per heavy atom. The van der Waals surface area contributed by atoms with Gasteiger partial charge >= 0.3 is 5.97 Å². The van der Waals surface area contributed by atoms with Gasteiger partial charge in [-0.2, -0.15) is 0 Å². The van der Waals surface area contributed by atoms with E-state index in [2.05, 4.69) is 21.2 Å². The van der Waals surface area contributed by atoms with E-state index in [1.165, 1.54) is 12.1 Å². The molecule has 1 rings (SSSR count). The van der Waals surface area contributed by atoms with Crippen LogP contribution in [0.5, 0.6) is 0 Å². The molecular weight excluding hydrogens is 289 g/mol. The Labute approximate surface area is 108 Å². The number of rotatable bonds is 6. The van der Waals surface area contributed by atoms with Crippen LogP contribution >= 0.6 is 15.9 Å². The van der Waals surface area contributed by atoms with E-state index in [9.17, 15) is 9.18 Å². The summed E-state index contributed by atoms with van der Waals surface area (Å²) in [5.74, 6) is -1.21. The van der Waals surface area contributed by atoms with Crippen LogP contribution in [-0.2, 0) is 11.3 Å². The van der Waals surface area contributed by atoms with Crippen LogP contribution in [0.2, 0.25) is 0 Å². The molecule has 1 atom stereocenters. The van der Waals surface area contributed by atoms with Crippen molar-refractivity contribution in [2.45, 2.75) is 32.4 Å². The maximum absolute atomic E-state index is 13.1. The van der Waals surface area contributed by atoms with Gasteiger partial charge in [0.05, 0.1) is 0 Å². The van der Waals surface area contributed by atoms with Gasteiger partial charge in [0.15, 0.2) is 0 Å². The first-order chi connectivity index (χ1) is 8.02. The van der Waals surface area contributed by atoms with E-state index < -0.39 is 12.0 Å². The SMILES string of the molecule is CCCC(NCc1cc(F)cc(Br)c1)C(=O)O. The first kappa shape index (κ1) is 14.1. The number of halogens is 2. The van der Waals surface area contributed by atoms with Gasteiger partial charge in [-0.25, -0.2) is 4.39 Å². The van der Waals surface area contributed by atoms with E-state index in [-0.39, 0.29) is 5.82 Å². The summed E-state index contributed by atoms with van der Waals surface area (Å²) >= 11 is 3.20. The number of benzene rings is 1. The molecule has 5 heteroatoms. The Kier molecular flexibility index (Phi) is 5.58. The van der Waals surface area contributed by atoms with Gasteiger partial charge in [0.1, 0.15) is 11.9 Å². The van der Waals surface area contributed by atoms with Crippen molar-refractivity contribution in [1.82, 2.24) is 5.32 Å². The number of aliphatic carboxylic acids is 1. The first-order valence-electron chi connectivity index (χ1n) is 5.44. The minimum Gasteiger partial charge on any atom is -0.480 e. The molecule has 0 saturated carbocycles. The van der Waals surface area contributed by atoms with E-state index in [1.807, 2.05) is 6.92 Å². The molecule has 0 aromatic heterocycles. The van der Waals surface area contributed by atoms with Crippen LogP contribution < -0.4 is 5.32 Å². The predicted octanol–water partition coefficient (Wildman–Crippen LogP) is 2.93. The highest BCUT2D eigenvalue weighted by atomic mass is 79.9. The van der Waals surface area contributed by atoms with Gasteiger partial charge in [-0.3, -0.25) is 4.79 Å². The quantitative estimate of drug-likeness (QED) is 0.849. The Hall–Kier alpha value is -0.940. The van der Waals surface area contributed by atoms with Crippen molar-refractivity contribution in [3.63, 3.8) is 0 Å². The van der Waals surface area contributed by atoms with Crippen LogP contribution in [-0.4, -0.2) is 17.1 Å². The summed E-state index contributed by atoms with van der Waals surface area (Å²) in [7, 11) is 0. The number of carboxylic acids is 1. The first-order valence-corrected chi connectivity index (χ1v) is 6.23. The maximum atomic E-state index is 13.1. The lowest BCUT2D eigenvalue weighted by Crippen LogP contribution is -2.36. The molecule has 0 saturated heterocycles. The van der Waals surface area contributed by atoms with Crippen LogP contribution in [0, 0.1) is 5.82 Å². The summed E-state index contributed by atoms with van der Waals surface area (Å²) in [5, 5.41) is 11.8. The molecule has 0 heterocycles. The molecule has 0 aliphatic carbocycles. The summed E-state index contributed by atoms with van der Waals surface area (Å²) in [4.78, 5) is 10.9. The smallest absolute Gasteiger partial charge is 0.320 e. The van der Waals surface area contributed by atoms with Crippen LogP contribution in [0.4, 0.5) is 4.39 Å². The molecule has 94 valence electrons. The van der Waals surface area contributed by atoms with Crippen molar-refractivity contribution in [2.75, 3.05) is 0 Å². The van der Waals surface area contributed by atoms with Crippen LogP contribution in [0.25, 0.3) is 0 Å². The highest BCUT2D eigenvalue weighted by molar-refractivity contribution is 9.10. The maximum Gasteiger partial charge on any atom is 0.320 e. The summed E-state index contributed by atoms with van der Waals surface area (Å²) in [6.45, 7) is 2.27. The average Bonchev–Trinajstić information content (AvgIpc) is 2.22. The molecule has 17 heavy (non-hydrogen) atoms. The number of hydrogen-bond donors (Lipinski definition) is 2. The second-order valence-corrected chi connectivity index (χ2v) is 4.75. The number of carboxylic acid groups (broad SMARTS) is 1. The van der Waals surface area contributed by atoms with Crippen molar-refractivity contribution in [2.24, 2.45) is 0 Å². The zero-order valence-corrected chi connectivity index (χ0v) is 11.1. The third-order valence-corrected chi connectivity index (χ3v) is 2.81. The van der Waals surface area contributed by atoms with Crippen molar-refractivity contribution in [3.05, 3.63) is 34.1 Å². The molecule has 3 nitrogen and oxygen atoms in total. The van der Waals surface area contributed by atoms with Gasteiger partial charge in [0.25, 0.3) is 0 Å². The van der Waals surface area contributed by atoms with Crippen LogP contribution in [0.1, 0.15) is 25.3 Å². The summed E-state index contributed by atoms with van der Waals surface area (Å²) in [6, 6.07) is 3.94. The van der Waals surface area contributed by atoms with Crippen LogP contribution in [0.3, 0.4) is 0 Å². The van der Waals surface area contributed by atoms with Crippen molar-refractivity contribution >= 4 is 21.9 Å². The minimum absolute atomic E-state index is 0.335.